The van der Waals surface area contributed by atoms with Gasteiger partial charge in [0.1, 0.15) is 11.5 Å². The first-order valence-corrected chi connectivity index (χ1v) is 11.4. The fourth-order valence-corrected chi connectivity index (χ4v) is 4.50. The van der Waals surface area contributed by atoms with Crippen LogP contribution >= 0.6 is 0 Å². The molecular formula is C26H24N4O7. The van der Waals surface area contributed by atoms with Crippen LogP contribution in [0.25, 0.3) is 5.76 Å². The van der Waals surface area contributed by atoms with Crippen LogP contribution in [-0.4, -0.2) is 49.2 Å². The summed E-state index contributed by atoms with van der Waals surface area (Å²) in [5, 5.41) is 22.6. The Morgan fingerprint density at radius 2 is 1.92 bits per heavy atom. The van der Waals surface area contributed by atoms with Crippen LogP contribution in [0, 0.1) is 24.0 Å². The second kappa shape index (κ2) is 10.1. The average Bonchev–Trinajstić information content (AvgIpc) is 3.32. The number of benzene rings is 1. The second-order valence-corrected chi connectivity index (χ2v) is 8.48. The Kier molecular flexibility index (Phi) is 6.87. The summed E-state index contributed by atoms with van der Waals surface area (Å²) in [7, 11) is 0. The molecule has 1 fully saturated rings. The van der Waals surface area contributed by atoms with Gasteiger partial charge in [-0.25, -0.2) is 4.79 Å². The lowest BCUT2D eigenvalue weighted by Crippen LogP contribution is -2.29. The van der Waals surface area contributed by atoms with Gasteiger partial charge in [0, 0.05) is 42.3 Å². The Bertz CT molecular complexity index is 1430. The number of nitro groups is 1. The van der Waals surface area contributed by atoms with Gasteiger partial charge in [-0.05, 0) is 55.7 Å². The highest BCUT2D eigenvalue weighted by Crippen LogP contribution is 2.42. The number of Topliss-reactive ketones (excluding diaryl/α,β-unsaturated/α-hetero) is 1. The van der Waals surface area contributed by atoms with Crippen molar-refractivity contribution < 1.29 is 29.2 Å². The number of ketones is 1. The number of ether oxygens (including phenoxy) is 1. The van der Waals surface area contributed by atoms with Gasteiger partial charge < -0.3 is 19.7 Å². The number of aromatic nitrogens is 2. The maximum atomic E-state index is 13.3. The number of pyridine rings is 1. The normalized spacial score (nSPS) is 16.7. The molecule has 1 saturated heterocycles. The fourth-order valence-electron chi connectivity index (χ4n) is 4.50. The van der Waals surface area contributed by atoms with Gasteiger partial charge in [-0.15, -0.1) is 0 Å². The maximum absolute atomic E-state index is 13.3. The number of rotatable bonds is 7. The number of aryl methyl sites for hydroxylation is 1. The minimum atomic E-state index is -1.04. The van der Waals surface area contributed by atoms with Crippen LogP contribution in [0.1, 0.15) is 51.4 Å². The Labute approximate surface area is 211 Å². The van der Waals surface area contributed by atoms with E-state index >= 15 is 0 Å². The predicted molar refractivity (Wildman–Crippen MR) is 131 cm³/mol. The van der Waals surface area contributed by atoms with E-state index in [4.69, 9.17) is 4.74 Å². The van der Waals surface area contributed by atoms with E-state index in [9.17, 15) is 29.6 Å². The lowest BCUT2D eigenvalue weighted by molar-refractivity contribution is -0.384. The zero-order valence-electron chi connectivity index (χ0n) is 20.3. The highest BCUT2D eigenvalue weighted by Gasteiger charge is 2.46. The van der Waals surface area contributed by atoms with Gasteiger partial charge in [0.25, 0.3) is 17.4 Å². The Morgan fingerprint density at radius 3 is 2.51 bits per heavy atom. The third kappa shape index (κ3) is 4.58. The molecule has 0 bridgehead atoms. The molecule has 190 valence electrons. The molecule has 2 aromatic heterocycles. The number of nitrogens with one attached hydrogen (secondary N) is 1. The minimum Gasteiger partial charge on any atom is -0.507 e. The average molecular weight is 504 g/mol. The standard InChI is InChI=1S/C26H24N4O7/c1-4-37-26(34)21-14(2)19(15(3)28-21)23(31)20-22(17-7-9-18(10-8-17)30(35)36)29(25(33)24(20)32)13-16-6-5-11-27-12-16/h5-12,22,28,31H,4,13H2,1-3H3/t22-/m0/s1. The molecule has 11 heteroatoms. The molecule has 1 amide bonds. The van der Waals surface area contributed by atoms with Crippen LogP contribution in [0.3, 0.4) is 0 Å². The topological polar surface area (TPSA) is 156 Å². The molecule has 0 unspecified atom stereocenters. The summed E-state index contributed by atoms with van der Waals surface area (Å²) in [6.07, 6.45) is 3.13. The Balaban J connectivity index is 1.89. The summed E-state index contributed by atoms with van der Waals surface area (Å²) in [4.78, 5) is 57.7. The van der Waals surface area contributed by atoms with Gasteiger partial charge in [0.15, 0.2) is 0 Å². The van der Waals surface area contributed by atoms with Gasteiger partial charge >= 0.3 is 5.97 Å². The molecule has 37 heavy (non-hydrogen) atoms. The van der Waals surface area contributed by atoms with Crippen molar-refractivity contribution in [3.63, 3.8) is 0 Å². The number of hydrogen-bond acceptors (Lipinski definition) is 8. The first-order chi connectivity index (χ1) is 17.6. The van der Waals surface area contributed by atoms with Crippen LogP contribution in [0.2, 0.25) is 0 Å². The summed E-state index contributed by atoms with van der Waals surface area (Å²) >= 11 is 0. The Morgan fingerprint density at radius 1 is 1.22 bits per heavy atom. The van der Waals surface area contributed by atoms with Crippen molar-refractivity contribution in [2.75, 3.05) is 6.61 Å². The molecule has 0 spiro atoms. The molecule has 3 heterocycles. The molecule has 4 rings (SSSR count). The number of aliphatic hydroxyl groups is 1. The Hall–Kier alpha value is -4.80. The van der Waals surface area contributed by atoms with Crippen molar-refractivity contribution in [1.29, 1.82) is 0 Å². The molecule has 1 aromatic carbocycles. The maximum Gasteiger partial charge on any atom is 0.355 e. The number of hydrogen-bond donors (Lipinski definition) is 2. The number of H-pyrrole nitrogens is 1. The van der Waals surface area contributed by atoms with Gasteiger partial charge in [-0.1, -0.05) is 6.07 Å². The number of likely N-dealkylation sites (tertiary alicyclic amines) is 1. The van der Waals surface area contributed by atoms with Crippen molar-refractivity contribution in [2.24, 2.45) is 0 Å². The zero-order valence-corrected chi connectivity index (χ0v) is 20.3. The number of non-ortho nitro benzene ring substituents is 1. The molecule has 1 atom stereocenters. The summed E-state index contributed by atoms with van der Waals surface area (Å²) in [5.74, 6) is -2.84. The number of amides is 1. The highest BCUT2D eigenvalue weighted by atomic mass is 16.6. The van der Waals surface area contributed by atoms with Crippen molar-refractivity contribution in [3.05, 3.63) is 98.1 Å². The number of aliphatic hydroxyl groups excluding tert-OH is 1. The van der Waals surface area contributed by atoms with E-state index in [1.54, 1.807) is 45.3 Å². The summed E-state index contributed by atoms with van der Waals surface area (Å²) in [6, 6.07) is 7.82. The van der Waals surface area contributed by atoms with Crippen LogP contribution in [0.15, 0.2) is 54.4 Å². The molecule has 2 N–H and O–H groups in total. The van der Waals surface area contributed by atoms with Crippen LogP contribution in [0.5, 0.6) is 0 Å². The summed E-state index contributed by atoms with van der Waals surface area (Å²) in [6.45, 7) is 5.04. The highest BCUT2D eigenvalue weighted by molar-refractivity contribution is 6.46. The number of nitrogens with zero attached hydrogens (tertiary/aromatic N) is 3. The zero-order chi connectivity index (χ0) is 26.9. The van der Waals surface area contributed by atoms with Crippen molar-refractivity contribution >= 4 is 29.1 Å². The fraction of sp³-hybridized carbons (Fsp3) is 0.231. The second-order valence-electron chi connectivity index (χ2n) is 8.48. The van der Waals surface area contributed by atoms with Crippen LogP contribution < -0.4 is 0 Å². The molecule has 3 aromatic rings. The SMILES string of the molecule is CCOC(=O)c1[nH]c(C)c(C(O)=C2C(=O)C(=O)N(Cc3cccnc3)[C@H]2c2ccc([N+](=O)[O-])cc2)c1C. The number of aromatic amines is 1. The molecule has 1 aliphatic heterocycles. The van der Waals surface area contributed by atoms with Gasteiger partial charge in [0.2, 0.25) is 0 Å². The molecule has 1 aliphatic rings. The number of nitro benzene ring substituents is 1. The van der Waals surface area contributed by atoms with Crippen molar-refractivity contribution in [3.8, 4) is 0 Å². The van der Waals surface area contributed by atoms with E-state index in [0.717, 1.165) is 0 Å². The first-order valence-electron chi connectivity index (χ1n) is 11.4. The van der Waals surface area contributed by atoms with Crippen molar-refractivity contribution in [2.45, 2.75) is 33.4 Å². The molecule has 11 nitrogen and oxygen atoms in total. The van der Waals surface area contributed by atoms with E-state index < -0.39 is 34.4 Å². The van der Waals surface area contributed by atoms with Gasteiger partial charge in [0.05, 0.1) is 23.1 Å². The number of esters is 1. The summed E-state index contributed by atoms with van der Waals surface area (Å²) < 4.78 is 5.07. The number of carbonyl (C=O) groups excluding carboxylic acids is 3. The van der Waals surface area contributed by atoms with E-state index in [1.807, 2.05) is 0 Å². The van der Waals surface area contributed by atoms with E-state index in [1.165, 1.54) is 29.2 Å². The van der Waals surface area contributed by atoms with Crippen LogP contribution in [0.4, 0.5) is 5.69 Å². The third-order valence-corrected chi connectivity index (χ3v) is 6.19. The monoisotopic (exact) mass is 504 g/mol. The smallest absolute Gasteiger partial charge is 0.355 e. The van der Waals surface area contributed by atoms with E-state index in [0.29, 0.717) is 22.4 Å². The van der Waals surface area contributed by atoms with E-state index in [2.05, 4.69) is 9.97 Å². The van der Waals surface area contributed by atoms with Gasteiger partial charge in [-0.2, -0.15) is 0 Å². The molecular weight excluding hydrogens is 480 g/mol. The van der Waals surface area contributed by atoms with Gasteiger partial charge in [-0.3, -0.25) is 24.7 Å². The van der Waals surface area contributed by atoms with Crippen molar-refractivity contribution in [1.82, 2.24) is 14.9 Å². The summed E-state index contributed by atoms with van der Waals surface area (Å²) in [5.41, 5.74) is 1.77. The predicted octanol–water partition coefficient (Wildman–Crippen LogP) is 3.73. The number of carbonyl (C=O) groups is 3. The molecule has 0 radical (unpaired) electrons. The molecule has 0 saturated carbocycles. The largest absolute Gasteiger partial charge is 0.507 e. The minimum absolute atomic E-state index is 0.00995. The van der Waals surface area contributed by atoms with E-state index in [-0.39, 0.29) is 35.7 Å². The van der Waals surface area contributed by atoms with Crippen LogP contribution in [-0.2, 0) is 20.9 Å². The lowest BCUT2D eigenvalue weighted by Gasteiger charge is -2.25. The quantitative estimate of drug-likeness (QED) is 0.123. The lowest BCUT2D eigenvalue weighted by atomic mass is 9.94. The third-order valence-electron chi connectivity index (χ3n) is 6.19. The first kappa shape index (κ1) is 25.3. The molecule has 0 aliphatic carbocycles.